The van der Waals surface area contributed by atoms with E-state index in [-0.39, 0.29) is 0 Å². The molecule has 2 rings (SSSR count). The van der Waals surface area contributed by atoms with Crippen molar-refractivity contribution in [1.29, 1.82) is 0 Å². The van der Waals surface area contributed by atoms with E-state index in [0.29, 0.717) is 6.04 Å². The molecule has 0 amide bonds. The molecule has 0 spiro atoms. The molecule has 1 aliphatic rings. The van der Waals surface area contributed by atoms with Crippen LogP contribution in [-0.4, -0.2) is 22.7 Å². The van der Waals surface area contributed by atoms with Gasteiger partial charge in [-0.05, 0) is 38.5 Å². The quantitative estimate of drug-likeness (QED) is 0.854. The number of aromatic nitrogens is 2. The van der Waals surface area contributed by atoms with Crippen LogP contribution in [0.25, 0.3) is 0 Å². The molecular formula is C13H23N3O. The third-order valence-electron chi connectivity index (χ3n) is 3.77. The second-order valence-corrected chi connectivity index (χ2v) is 5.07. The van der Waals surface area contributed by atoms with Gasteiger partial charge < -0.3 is 9.84 Å². The zero-order valence-electron chi connectivity index (χ0n) is 10.9. The third kappa shape index (κ3) is 3.80. The van der Waals surface area contributed by atoms with Crippen LogP contribution in [0.5, 0.6) is 0 Å². The van der Waals surface area contributed by atoms with Crippen LogP contribution in [0.15, 0.2) is 4.52 Å². The van der Waals surface area contributed by atoms with E-state index in [9.17, 15) is 0 Å². The molecule has 0 radical (unpaired) electrons. The van der Waals surface area contributed by atoms with Gasteiger partial charge in [0.25, 0.3) is 0 Å². The standard InChI is InChI=1S/C13H23N3O/c1-3-11-4-6-12(7-5-11)14-9-8-13-15-10(2)16-17-13/h11-12,14H,3-9H2,1-2H3. The lowest BCUT2D eigenvalue weighted by molar-refractivity contribution is 0.284. The van der Waals surface area contributed by atoms with Crippen molar-refractivity contribution < 1.29 is 4.52 Å². The highest BCUT2D eigenvalue weighted by Gasteiger charge is 2.19. The average Bonchev–Trinajstić information content (AvgIpc) is 2.76. The summed E-state index contributed by atoms with van der Waals surface area (Å²) >= 11 is 0. The highest BCUT2D eigenvalue weighted by molar-refractivity contribution is 4.84. The van der Waals surface area contributed by atoms with Gasteiger partial charge in [0, 0.05) is 19.0 Å². The van der Waals surface area contributed by atoms with E-state index in [0.717, 1.165) is 30.6 Å². The minimum atomic E-state index is 0.696. The zero-order valence-corrected chi connectivity index (χ0v) is 10.9. The number of aryl methyl sites for hydroxylation is 1. The highest BCUT2D eigenvalue weighted by atomic mass is 16.5. The van der Waals surface area contributed by atoms with Crippen molar-refractivity contribution in [3.63, 3.8) is 0 Å². The predicted molar refractivity (Wildman–Crippen MR) is 66.8 cm³/mol. The smallest absolute Gasteiger partial charge is 0.227 e. The largest absolute Gasteiger partial charge is 0.339 e. The number of rotatable bonds is 5. The molecule has 96 valence electrons. The molecule has 1 heterocycles. The summed E-state index contributed by atoms with van der Waals surface area (Å²) in [6.07, 6.45) is 7.59. The predicted octanol–water partition coefficient (Wildman–Crippen LogP) is 2.48. The van der Waals surface area contributed by atoms with Gasteiger partial charge in [-0.25, -0.2) is 0 Å². The van der Waals surface area contributed by atoms with Crippen LogP contribution in [0.1, 0.15) is 50.7 Å². The van der Waals surface area contributed by atoms with Crippen molar-refractivity contribution in [3.05, 3.63) is 11.7 Å². The number of hydrogen-bond acceptors (Lipinski definition) is 4. The SMILES string of the molecule is CCC1CCC(NCCc2nc(C)no2)CC1. The molecule has 0 atom stereocenters. The summed E-state index contributed by atoms with van der Waals surface area (Å²) in [4.78, 5) is 4.20. The van der Waals surface area contributed by atoms with Crippen molar-refractivity contribution in [2.75, 3.05) is 6.54 Å². The Bertz CT molecular complexity index is 329. The van der Waals surface area contributed by atoms with Gasteiger partial charge >= 0.3 is 0 Å². The number of nitrogens with one attached hydrogen (secondary N) is 1. The van der Waals surface area contributed by atoms with Crippen molar-refractivity contribution in [2.45, 2.75) is 58.4 Å². The second kappa shape index (κ2) is 6.15. The average molecular weight is 237 g/mol. The Hall–Kier alpha value is -0.900. The van der Waals surface area contributed by atoms with Gasteiger partial charge in [-0.2, -0.15) is 4.98 Å². The van der Waals surface area contributed by atoms with Gasteiger partial charge in [0.2, 0.25) is 5.89 Å². The summed E-state index contributed by atoms with van der Waals surface area (Å²) in [5.74, 6) is 2.44. The summed E-state index contributed by atoms with van der Waals surface area (Å²) in [6.45, 7) is 5.10. The molecule has 17 heavy (non-hydrogen) atoms. The maximum absolute atomic E-state index is 5.09. The van der Waals surface area contributed by atoms with E-state index in [4.69, 9.17) is 4.52 Å². The van der Waals surface area contributed by atoms with Gasteiger partial charge in [0.05, 0.1) is 0 Å². The van der Waals surface area contributed by atoms with Crippen molar-refractivity contribution in [2.24, 2.45) is 5.92 Å². The molecule has 1 aliphatic carbocycles. The van der Waals surface area contributed by atoms with Crippen LogP contribution in [0, 0.1) is 12.8 Å². The number of nitrogens with zero attached hydrogens (tertiary/aromatic N) is 2. The molecule has 4 nitrogen and oxygen atoms in total. The monoisotopic (exact) mass is 237 g/mol. The van der Waals surface area contributed by atoms with Gasteiger partial charge in [-0.1, -0.05) is 18.5 Å². The Morgan fingerprint density at radius 3 is 2.65 bits per heavy atom. The fraction of sp³-hybridized carbons (Fsp3) is 0.846. The zero-order chi connectivity index (χ0) is 12.1. The summed E-state index contributed by atoms with van der Waals surface area (Å²) in [5, 5.41) is 7.39. The van der Waals surface area contributed by atoms with E-state index in [2.05, 4.69) is 22.4 Å². The molecule has 1 fully saturated rings. The minimum Gasteiger partial charge on any atom is -0.339 e. The first kappa shape index (κ1) is 12.6. The molecule has 0 aromatic carbocycles. The Kier molecular flexibility index (Phi) is 4.54. The molecule has 4 heteroatoms. The van der Waals surface area contributed by atoms with E-state index in [1.54, 1.807) is 0 Å². The molecule has 1 saturated carbocycles. The van der Waals surface area contributed by atoms with Crippen LogP contribution >= 0.6 is 0 Å². The molecule has 1 aromatic heterocycles. The Morgan fingerprint density at radius 2 is 2.06 bits per heavy atom. The Labute approximate surface area is 103 Å². The van der Waals surface area contributed by atoms with Crippen LogP contribution in [0.3, 0.4) is 0 Å². The van der Waals surface area contributed by atoms with E-state index in [1.807, 2.05) is 6.92 Å². The molecule has 1 aromatic rings. The summed E-state index contributed by atoms with van der Waals surface area (Å²) in [6, 6.07) is 0.696. The maximum Gasteiger partial charge on any atom is 0.227 e. The third-order valence-corrected chi connectivity index (χ3v) is 3.77. The summed E-state index contributed by atoms with van der Waals surface area (Å²) in [5.41, 5.74) is 0. The molecular weight excluding hydrogens is 214 g/mol. The molecule has 0 unspecified atom stereocenters. The minimum absolute atomic E-state index is 0.696. The highest BCUT2D eigenvalue weighted by Crippen LogP contribution is 2.26. The van der Waals surface area contributed by atoms with Crippen LogP contribution in [0.4, 0.5) is 0 Å². The lowest BCUT2D eigenvalue weighted by Crippen LogP contribution is -2.34. The van der Waals surface area contributed by atoms with Gasteiger partial charge in [-0.15, -0.1) is 0 Å². The summed E-state index contributed by atoms with van der Waals surface area (Å²) in [7, 11) is 0. The van der Waals surface area contributed by atoms with Gasteiger partial charge in [-0.3, -0.25) is 0 Å². The topological polar surface area (TPSA) is 51.0 Å². The van der Waals surface area contributed by atoms with Crippen LogP contribution < -0.4 is 5.32 Å². The fourth-order valence-electron chi connectivity index (χ4n) is 2.60. The van der Waals surface area contributed by atoms with Gasteiger partial charge in [0.15, 0.2) is 5.82 Å². The number of hydrogen-bond donors (Lipinski definition) is 1. The lowest BCUT2D eigenvalue weighted by atomic mass is 9.84. The first-order valence-corrected chi connectivity index (χ1v) is 6.80. The van der Waals surface area contributed by atoms with E-state index < -0.39 is 0 Å². The molecule has 0 bridgehead atoms. The van der Waals surface area contributed by atoms with E-state index >= 15 is 0 Å². The first-order chi connectivity index (χ1) is 8.28. The Balaban J connectivity index is 1.63. The first-order valence-electron chi connectivity index (χ1n) is 6.80. The molecule has 1 N–H and O–H groups in total. The second-order valence-electron chi connectivity index (χ2n) is 5.07. The van der Waals surface area contributed by atoms with E-state index in [1.165, 1.54) is 32.1 Å². The van der Waals surface area contributed by atoms with Crippen LogP contribution in [0.2, 0.25) is 0 Å². The van der Waals surface area contributed by atoms with Crippen molar-refractivity contribution >= 4 is 0 Å². The summed E-state index contributed by atoms with van der Waals surface area (Å²) < 4.78 is 5.09. The van der Waals surface area contributed by atoms with Crippen LogP contribution in [-0.2, 0) is 6.42 Å². The van der Waals surface area contributed by atoms with Gasteiger partial charge in [0.1, 0.15) is 0 Å². The van der Waals surface area contributed by atoms with Crippen molar-refractivity contribution in [1.82, 2.24) is 15.5 Å². The lowest BCUT2D eigenvalue weighted by Gasteiger charge is -2.28. The molecule has 0 aliphatic heterocycles. The normalized spacial score (nSPS) is 25.1. The Morgan fingerprint density at radius 1 is 1.29 bits per heavy atom. The van der Waals surface area contributed by atoms with Crippen molar-refractivity contribution in [3.8, 4) is 0 Å². The molecule has 0 saturated heterocycles. The fourth-order valence-corrected chi connectivity index (χ4v) is 2.60. The maximum atomic E-state index is 5.09.